The minimum atomic E-state index is -0.960. The number of carbonyl (C=O) groups excluding carboxylic acids is 8. The summed E-state index contributed by atoms with van der Waals surface area (Å²) in [6.45, 7) is 29.1. The van der Waals surface area contributed by atoms with E-state index < -0.39 is 151 Å². The lowest BCUT2D eigenvalue weighted by Crippen LogP contribution is -2.37. The van der Waals surface area contributed by atoms with Crippen LogP contribution in [0.25, 0.3) is 0 Å². The van der Waals surface area contributed by atoms with Crippen LogP contribution < -0.4 is 44.2 Å². The number of phenols is 3. The number of benzene rings is 4. The molecule has 0 saturated heterocycles. The van der Waals surface area contributed by atoms with Gasteiger partial charge in [0.1, 0.15) is 23.1 Å². The van der Waals surface area contributed by atoms with Crippen molar-refractivity contribution >= 4 is 82.4 Å². The largest absolute Gasteiger partial charge is 0.508 e. The number of anilines is 4. The number of halogens is 3. The van der Waals surface area contributed by atoms with Crippen LogP contribution in [0.1, 0.15) is 210 Å². The van der Waals surface area contributed by atoms with E-state index in [-0.39, 0.29) is 98.9 Å². The van der Waals surface area contributed by atoms with Crippen molar-refractivity contribution in [1.82, 2.24) is 0 Å². The third kappa shape index (κ3) is 40.8. The van der Waals surface area contributed by atoms with Crippen LogP contribution in [0.3, 0.4) is 0 Å². The Labute approximate surface area is 887 Å². The second kappa shape index (κ2) is 64.0. The lowest BCUT2D eigenvalue weighted by atomic mass is 9.88. The summed E-state index contributed by atoms with van der Waals surface area (Å²) < 4.78 is 96.4. The van der Waals surface area contributed by atoms with Gasteiger partial charge in [0, 0.05) is 120 Å². The van der Waals surface area contributed by atoms with E-state index in [1.54, 1.807) is 136 Å². The van der Waals surface area contributed by atoms with E-state index in [1.165, 1.54) is 66.9 Å². The molecule has 4 aliphatic rings. The van der Waals surface area contributed by atoms with Gasteiger partial charge >= 0.3 is 24.4 Å². The highest BCUT2D eigenvalue weighted by Crippen LogP contribution is 2.40. The number of hydrogen-bond acceptors (Lipinski definition) is 27. The highest BCUT2D eigenvalue weighted by molar-refractivity contribution is 6.35. The minimum absolute atomic E-state index is 0.0329. The van der Waals surface area contributed by atoms with Gasteiger partial charge < -0.3 is 137 Å². The molecule has 0 fully saturated rings. The standard InChI is InChI=1S/C28H41ClN2O7.C28H41FN2O7.C28H41FN2O6.C28H42N2O7/c2*1-15-12-19-21(32)11-10-20(24(19)29)31-27(34)16(2)8-7-9-22(36-5)26(38-28(30)35)18(4)14-17(3)25(33)23(13-15)37-6;1-16-12-20-10-11-21(29)22(15-20)31-27(33)17(2)8-7-9-23(35-5)26(37-28(30)34)19(4)14-18(3)25(32)24(13-16)36-6;1-16-12-20-15-21(10-11-22(20)31)30-27(33)17(2)8-7-9-23(35-5)26(37-28(29)34)19(4)14-18(3)25(32)24(13-16)36-6/h2*8,10-11,14-15,17,22-23,25-26,32-33H,7,9,12-13H2,1-6H3,(H2,30,35)(H,31,34);8,10-11,14-16,18,23-26,32H,7,9,12-13H2,1-6H3,(H2,30,34)(H,31,33);8,10-11,14-16,18,23-26,31-32H,7,9,12-13H2,1-6H3,(H2,29,34)(H,30,33)/b2*16-8+,18-14+;2*17-8+,19-14+/t2*15-,17+,22+,23+,25-,26+;2*16-,18+,23+,24+,25-,26+/m1111/s1. The normalized spacial score (nSPS) is 31.1. The molecule has 38 heteroatoms. The first-order valence-corrected chi connectivity index (χ1v) is 51.1. The molecule has 4 aromatic rings. The fraction of sp³-hybridized carbons (Fsp3) is 0.571. The summed E-state index contributed by atoms with van der Waals surface area (Å²) in [6, 6.07) is 15.4. The van der Waals surface area contributed by atoms with Crippen LogP contribution >= 0.6 is 11.6 Å². The predicted molar refractivity (Wildman–Crippen MR) is 572 cm³/mol. The van der Waals surface area contributed by atoms with Gasteiger partial charge in [-0.1, -0.05) is 122 Å². The van der Waals surface area contributed by atoms with Crippen molar-refractivity contribution in [2.24, 2.45) is 70.3 Å². The molecule has 0 spiro atoms. The van der Waals surface area contributed by atoms with Gasteiger partial charge in [-0.3, -0.25) is 19.2 Å². The topological polar surface area (TPSA) is 541 Å². The van der Waals surface area contributed by atoms with Crippen LogP contribution in [0.5, 0.6) is 17.2 Å². The molecule has 8 bridgehead atoms. The van der Waals surface area contributed by atoms with Crippen molar-refractivity contribution in [1.29, 1.82) is 0 Å². The second-order valence-corrected chi connectivity index (χ2v) is 40.4. The van der Waals surface area contributed by atoms with Gasteiger partial charge in [-0.15, -0.1) is 0 Å². The highest BCUT2D eigenvalue weighted by Gasteiger charge is 2.38. The van der Waals surface area contributed by atoms with Gasteiger partial charge in [-0.05, 0) is 270 Å². The summed E-state index contributed by atoms with van der Waals surface area (Å²) in [5, 5.41) is 86.9. The monoisotopic (exact) mass is 2130 g/mol. The SMILES string of the molecule is CO[C@H]1C[C@H](C)Cc2c(O)ccc(c2Cl)NC(=O)/C(C)=C/CC[C@H](OC)[C@@H](OC(N)=O)/C(C)=C/[C@H](C)[C@H]1O.CO[C@H]1C[C@H](C)Cc2c(O)ccc(c2F)NC(=O)/C(C)=C/CC[C@H](OC)[C@@H](OC(N)=O)/C(C)=C/[C@H](C)[C@H]1O.CO[C@H]1C[C@H](C)Cc2cc(ccc2O)NC(=O)/C(C)=C/CC[C@H](OC)[C@@H](OC(N)=O)/C(C)=C/[C@H](C)[C@H]1O.CO[C@H]1C[C@H](C)Cc2ccc(F)c(c2)NC(=O)/C(C)=C/CC[C@H](OC)[C@@H](OC(N)=O)/C(C)=C/[C@H](C)[C@H]1O. The Kier molecular flexibility index (Phi) is 55.1. The zero-order chi connectivity index (χ0) is 113. The van der Waals surface area contributed by atoms with Crippen LogP contribution in [0.2, 0.25) is 5.02 Å². The first kappa shape index (κ1) is 129. The maximum Gasteiger partial charge on any atom is 0.405 e. The van der Waals surface area contributed by atoms with Crippen LogP contribution in [0.15, 0.2) is 154 Å². The Morgan fingerprint density at radius 2 is 0.627 bits per heavy atom. The molecule has 0 unspecified atom stereocenters. The van der Waals surface area contributed by atoms with E-state index in [2.05, 4.69) is 21.3 Å². The number of ether oxygens (including phenoxy) is 12. The van der Waals surface area contributed by atoms with Crippen molar-refractivity contribution in [2.75, 3.05) is 78.1 Å². The zero-order valence-corrected chi connectivity index (χ0v) is 92.1. The fourth-order valence-electron chi connectivity index (χ4n) is 19.1. The average Bonchev–Trinajstić information content (AvgIpc) is 0.890. The van der Waals surface area contributed by atoms with Crippen molar-refractivity contribution in [2.45, 2.75) is 311 Å². The zero-order valence-electron chi connectivity index (χ0n) is 91.3. The summed E-state index contributed by atoms with van der Waals surface area (Å²) >= 11 is 6.61. The summed E-state index contributed by atoms with van der Waals surface area (Å²) in [5.74, 6) is -4.20. The second-order valence-electron chi connectivity index (χ2n) is 40.0. The number of hydrogen-bond donors (Lipinski definition) is 15. The molecule has 0 saturated carbocycles. The molecule has 19 N–H and O–H groups in total. The Balaban J connectivity index is 0.000000351. The molecule has 8 amide bonds. The molecular weight excluding hydrogens is 1960 g/mol. The maximum absolute atomic E-state index is 15.3. The fourth-order valence-corrected chi connectivity index (χ4v) is 19.4. The number of aliphatic hydroxyl groups excluding tert-OH is 4. The number of methoxy groups -OCH3 is 8. The summed E-state index contributed by atoms with van der Waals surface area (Å²) in [6.07, 6.45) is 6.87. The van der Waals surface area contributed by atoms with E-state index in [0.717, 1.165) is 5.56 Å². The third-order valence-electron chi connectivity index (χ3n) is 27.7. The summed E-state index contributed by atoms with van der Waals surface area (Å²) in [5.41, 5.74) is 29.1. The molecule has 0 aromatic heterocycles. The first-order chi connectivity index (χ1) is 70.7. The predicted octanol–water partition coefficient (Wildman–Crippen LogP) is 17.5. The van der Waals surface area contributed by atoms with E-state index in [0.29, 0.717) is 163 Å². The summed E-state index contributed by atoms with van der Waals surface area (Å²) in [7, 11) is 12.2. The molecule has 836 valence electrons. The number of allylic oxidation sites excluding steroid dienone is 4. The molecule has 4 aromatic carbocycles. The number of rotatable bonds is 12. The number of fused-ring (bicyclic) bond motifs is 8. The van der Waals surface area contributed by atoms with E-state index >= 15 is 4.39 Å². The highest BCUT2D eigenvalue weighted by atomic mass is 35.5. The molecule has 35 nitrogen and oxygen atoms in total. The van der Waals surface area contributed by atoms with E-state index in [9.17, 15) is 78.5 Å². The van der Waals surface area contributed by atoms with Crippen molar-refractivity contribution in [3.8, 4) is 17.2 Å². The number of carbonyl (C=O) groups is 8. The Morgan fingerprint density at radius 3 is 0.953 bits per heavy atom. The molecule has 8 rings (SSSR count). The first-order valence-electron chi connectivity index (χ1n) is 50.8. The average molecular weight is 2130 g/mol. The molecule has 150 heavy (non-hydrogen) atoms. The number of aromatic hydroxyl groups is 3. The number of primary amides is 4. The smallest absolute Gasteiger partial charge is 0.405 e. The Hall–Kier alpha value is -11.2. The van der Waals surface area contributed by atoms with Gasteiger partial charge in [0.2, 0.25) is 0 Å². The lowest BCUT2D eigenvalue weighted by molar-refractivity contribution is -0.113. The molecule has 24 atom stereocenters. The number of amides is 8. The number of phenolic OH excluding ortho intramolecular Hbond substituents is 3. The van der Waals surface area contributed by atoms with Crippen molar-refractivity contribution in [3.05, 3.63) is 193 Å². The molecule has 0 aliphatic carbocycles. The van der Waals surface area contributed by atoms with Crippen molar-refractivity contribution < 1.29 is 140 Å². The number of aliphatic hydroxyl groups is 4. The third-order valence-corrected chi connectivity index (χ3v) is 28.1. The van der Waals surface area contributed by atoms with Gasteiger partial charge in [-0.25, -0.2) is 28.0 Å². The van der Waals surface area contributed by atoms with E-state index in [1.807, 2.05) is 73.6 Å². The maximum atomic E-state index is 15.3. The Morgan fingerprint density at radius 1 is 0.347 bits per heavy atom. The van der Waals surface area contributed by atoms with Crippen LogP contribution in [-0.2, 0) is 102 Å². The van der Waals surface area contributed by atoms with Gasteiger partial charge in [0.05, 0.1) is 95.3 Å². The number of nitrogens with one attached hydrogen (secondary N) is 4. The molecule has 0 radical (unpaired) electrons. The Bertz CT molecular complexity index is 5190. The van der Waals surface area contributed by atoms with Crippen molar-refractivity contribution in [3.63, 3.8) is 0 Å². The van der Waals surface area contributed by atoms with Gasteiger partial charge in [0.15, 0.2) is 30.2 Å². The van der Waals surface area contributed by atoms with Crippen LogP contribution in [0, 0.1) is 59.0 Å². The van der Waals surface area contributed by atoms with Crippen LogP contribution in [0.4, 0.5) is 50.7 Å². The molecular formula is C112H165ClF2N8O27. The van der Waals surface area contributed by atoms with Crippen LogP contribution in [-0.4, -0.2) is 238 Å². The quantitative estimate of drug-likeness (QED) is 0.0356. The minimum Gasteiger partial charge on any atom is -0.508 e. The molecule has 4 aliphatic heterocycles. The lowest BCUT2D eigenvalue weighted by Gasteiger charge is -2.30. The van der Waals surface area contributed by atoms with E-state index in [4.69, 9.17) is 91.4 Å². The number of nitrogens with two attached hydrogens (primary N) is 4. The summed E-state index contributed by atoms with van der Waals surface area (Å²) in [4.78, 5) is 97.8. The van der Waals surface area contributed by atoms with Gasteiger partial charge in [0.25, 0.3) is 23.6 Å². The molecule has 4 heterocycles. The van der Waals surface area contributed by atoms with Gasteiger partial charge in [-0.2, -0.15) is 0 Å².